The van der Waals surface area contributed by atoms with Crippen molar-refractivity contribution in [3.05, 3.63) is 24.3 Å². The van der Waals surface area contributed by atoms with Gasteiger partial charge in [0.25, 0.3) is 0 Å². The summed E-state index contributed by atoms with van der Waals surface area (Å²) in [4.78, 5) is 0.260. The fourth-order valence-corrected chi connectivity index (χ4v) is 3.48. The summed E-state index contributed by atoms with van der Waals surface area (Å²) in [5, 5.41) is 0. The lowest BCUT2D eigenvalue weighted by molar-refractivity contribution is 0.414. The monoisotopic (exact) mass is 284 g/mol. The van der Waals surface area contributed by atoms with Gasteiger partial charge in [0.2, 0.25) is 10.0 Å². The lowest BCUT2D eigenvalue weighted by Crippen LogP contribution is -2.29. The van der Waals surface area contributed by atoms with Crippen LogP contribution in [0.25, 0.3) is 0 Å². The Hall–Kier alpha value is -1.11. The number of rotatable bonds is 5. The number of nitrogens with two attached hydrogens (primary N) is 1. The van der Waals surface area contributed by atoms with Crippen LogP contribution in [0.2, 0.25) is 0 Å². The highest BCUT2D eigenvalue weighted by molar-refractivity contribution is 7.89. The quantitative estimate of drug-likeness (QED) is 0.848. The van der Waals surface area contributed by atoms with Gasteiger partial charge < -0.3 is 10.5 Å². The van der Waals surface area contributed by atoms with Crippen molar-refractivity contribution in [2.24, 2.45) is 11.7 Å². The van der Waals surface area contributed by atoms with E-state index in [-0.39, 0.29) is 10.9 Å². The molecule has 0 bridgehead atoms. The molecule has 0 heterocycles. The average molecular weight is 284 g/mol. The first-order valence-electron chi connectivity index (χ1n) is 6.40. The van der Waals surface area contributed by atoms with Gasteiger partial charge in [-0.2, -0.15) is 0 Å². The molecule has 2 atom stereocenters. The molecule has 19 heavy (non-hydrogen) atoms. The molecule has 0 aliphatic heterocycles. The molecule has 0 spiro atoms. The molecule has 1 aromatic carbocycles. The zero-order chi connectivity index (χ0) is 13.9. The van der Waals surface area contributed by atoms with Crippen LogP contribution in [0.5, 0.6) is 5.75 Å². The highest BCUT2D eigenvalue weighted by atomic mass is 32.2. The molecule has 0 aromatic heterocycles. The molecule has 0 saturated heterocycles. The number of hydrogen-bond donors (Lipinski definition) is 2. The second-order valence-electron chi connectivity index (χ2n) is 4.97. The minimum absolute atomic E-state index is 0.218. The largest absolute Gasteiger partial charge is 0.497 e. The molecule has 1 aliphatic rings. The van der Waals surface area contributed by atoms with Crippen LogP contribution in [-0.4, -0.2) is 28.1 Å². The Bertz CT molecular complexity index is 513. The molecule has 1 aromatic rings. The molecule has 0 amide bonds. The summed E-state index contributed by atoms with van der Waals surface area (Å²) < 4.78 is 31.8. The minimum Gasteiger partial charge on any atom is -0.497 e. The fraction of sp³-hybridized carbons (Fsp3) is 0.538. The van der Waals surface area contributed by atoms with Gasteiger partial charge >= 0.3 is 0 Å². The highest BCUT2D eigenvalue weighted by Gasteiger charge is 2.23. The Morgan fingerprint density at radius 2 is 2.00 bits per heavy atom. The third-order valence-electron chi connectivity index (χ3n) is 3.51. The molecule has 106 valence electrons. The highest BCUT2D eigenvalue weighted by Crippen LogP contribution is 2.24. The first-order valence-corrected chi connectivity index (χ1v) is 7.89. The smallest absolute Gasteiger partial charge is 0.240 e. The van der Waals surface area contributed by atoms with E-state index in [1.165, 1.54) is 0 Å². The van der Waals surface area contributed by atoms with Crippen LogP contribution in [0, 0.1) is 5.92 Å². The number of methoxy groups -OCH3 is 1. The predicted molar refractivity (Wildman–Crippen MR) is 73.5 cm³/mol. The average Bonchev–Trinajstić information content (AvgIpc) is 2.82. The molecule has 1 saturated carbocycles. The first kappa shape index (κ1) is 14.3. The van der Waals surface area contributed by atoms with Gasteiger partial charge in [-0.25, -0.2) is 13.1 Å². The zero-order valence-corrected chi connectivity index (χ0v) is 11.8. The third kappa shape index (κ3) is 3.68. The van der Waals surface area contributed by atoms with Gasteiger partial charge in [-0.3, -0.25) is 0 Å². The van der Waals surface area contributed by atoms with Crippen LogP contribution in [0.15, 0.2) is 29.2 Å². The maximum atomic E-state index is 12.1. The van der Waals surface area contributed by atoms with Crippen molar-refractivity contribution in [1.29, 1.82) is 0 Å². The SMILES string of the molecule is COc1ccc(S(=O)(=O)NCC2CCC(N)C2)cc1. The van der Waals surface area contributed by atoms with E-state index in [1.807, 2.05) is 0 Å². The van der Waals surface area contributed by atoms with Crippen LogP contribution in [-0.2, 0) is 10.0 Å². The first-order chi connectivity index (χ1) is 9.01. The van der Waals surface area contributed by atoms with Crippen LogP contribution < -0.4 is 15.2 Å². The summed E-state index contributed by atoms with van der Waals surface area (Å²) >= 11 is 0. The van der Waals surface area contributed by atoms with Gasteiger partial charge in [-0.1, -0.05) is 0 Å². The molecular weight excluding hydrogens is 264 g/mol. The molecule has 3 N–H and O–H groups in total. The van der Waals surface area contributed by atoms with Gasteiger partial charge in [0.05, 0.1) is 12.0 Å². The normalized spacial score (nSPS) is 23.5. The van der Waals surface area contributed by atoms with Crippen LogP contribution in [0.1, 0.15) is 19.3 Å². The summed E-state index contributed by atoms with van der Waals surface area (Å²) in [5.74, 6) is 0.990. The molecule has 2 unspecified atom stereocenters. The van der Waals surface area contributed by atoms with Crippen molar-refractivity contribution in [2.45, 2.75) is 30.2 Å². The van der Waals surface area contributed by atoms with E-state index < -0.39 is 10.0 Å². The van der Waals surface area contributed by atoms with Gasteiger partial charge in [0, 0.05) is 12.6 Å². The van der Waals surface area contributed by atoms with Gasteiger partial charge in [-0.05, 0) is 49.4 Å². The maximum Gasteiger partial charge on any atom is 0.240 e. The van der Waals surface area contributed by atoms with Gasteiger partial charge in [-0.15, -0.1) is 0 Å². The Kier molecular flexibility index (Phi) is 4.44. The van der Waals surface area contributed by atoms with Crippen molar-refractivity contribution in [2.75, 3.05) is 13.7 Å². The summed E-state index contributed by atoms with van der Waals surface area (Å²) in [6.07, 6.45) is 2.87. The summed E-state index contributed by atoms with van der Waals surface area (Å²) in [5.41, 5.74) is 5.82. The van der Waals surface area contributed by atoms with E-state index in [1.54, 1.807) is 31.4 Å². The second kappa shape index (κ2) is 5.90. The number of benzene rings is 1. The Morgan fingerprint density at radius 3 is 2.53 bits per heavy atom. The predicted octanol–water partition coefficient (Wildman–Crippen LogP) is 1.10. The van der Waals surface area contributed by atoms with Crippen molar-refractivity contribution in [1.82, 2.24) is 4.72 Å². The maximum absolute atomic E-state index is 12.1. The van der Waals surface area contributed by atoms with E-state index in [9.17, 15) is 8.42 Å². The van der Waals surface area contributed by atoms with E-state index >= 15 is 0 Å². The van der Waals surface area contributed by atoms with E-state index in [4.69, 9.17) is 10.5 Å². The van der Waals surface area contributed by atoms with Crippen molar-refractivity contribution in [3.8, 4) is 5.75 Å². The van der Waals surface area contributed by atoms with Crippen molar-refractivity contribution >= 4 is 10.0 Å². The van der Waals surface area contributed by atoms with Gasteiger partial charge in [0.15, 0.2) is 0 Å². The Morgan fingerprint density at radius 1 is 1.32 bits per heavy atom. The van der Waals surface area contributed by atoms with E-state index in [0.29, 0.717) is 18.2 Å². The molecule has 5 nitrogen and oxygen atoms in total. The molecule has 0 radical (unpaired) electrons. The topological polar surface area (TPSA) is 81.4 Å². The molecule has 6 heteroatoms. The lowest BCUT2D eigenvalue weighted by atomic mass is 10.1. The van der Waals surface area contributed by atoms with E-state index in [2.05, 4.69) is 4.72 Å². The van der Waals surface area contributed by atoms with Crippen LogP contribution in [0.3, 0.4) is 0 Å². The Balaban J connectivity index is 1.97. The molecular formula is C13H20N2O3S. The number of nitrogens with one attached hydrogen (secondary N) is 1. The number of ether oxygens (including phenoxy) is 1. The number of hydrogen-bond acceptors (Lipinski definition) is 4. The molecule has 2 rings (SSSR count). The standard InChI is InChI=1S/C13H20N2O3S/c1-18-12-4-6-13(7-5-12)19(16,17)15-9-10-2-3-11(14)8-10/h4-7,10-11,15H,2-3,8-9,14H2,1H3. The zero-order valence-electron chi connectivity index (χ0n) is 11.0. The fourth-order valence-electron chi connectivity index (χ4n) is 2.36. The van der Waals surface area contributed by atoms with Crippen molar-refractivity contribution < 1.29 is 13.2 Å². The summed E-state index contributed by atoms with van der Waals surface area (Å²) in [6, 6.07) is 6.58. The Labute approximate surface area is 114 Å². The molecule has 1 fully saturated rings. The third-order valence-corrected chi connectivity index (χ3v) is 4.95. The van der Waals surface area contributed by atoms with Gasteiger partial charge in [0.1, 0.15) is 5.75 Å². The minimum atomic E-state index is -3.44. The summed E-state index contributed by atoms with van der Waals surface area (Å²) in [7, 11) is -1.89. The van der Waals surface area contributed by atoms with E-state index in [0.717, 1.165) is 19.3 Å². The summed E-state index contributed by atoms with van der Waals surface area (Å²) in [6.45, 7) is 0.460. The second-order valence-corrected chi connectivity index (χ2v) is 6.73. The van der Waals surface area contributed by atoms with Crippen LogP contribution in [0.4, 0.5) is 0 Å². The van der Waals surface area contributed by atoms with Crippen molar-refractivity contribution in [3.63, 3.8) is 0 Å². The number of sulfonamides is 1. The van der Waals surface area contributed by atoms with Crippen LogP contribution >= 0.6 is 0 Å². The lowest BCUT2D eigenvalue weighted by Gasteiger charge is -2.12. The molecule has 1 aliphatic carbocycles.